The molecule has 1 unspecified atom stereocenters. The predicted molar refractivity (Wildman–Crippen MR) is 71.9 cm³/mol. The van der Waals surface area contributed by atoms with Crippen LogP contribution in [0.5, 0.6) is 0 Å². The summed E-state index contributed by atoms with van der Waals surface area (Å²) in [7, 11) is 0. The Balaban J connectivity index is 1.83. The van der Waals surface area contributed by atoms with Gasteiger partial charge in [-0.1, -0.05) is 20.3 Å². The minimum absolute atomic E-state index is 0.0242. The van der Waals surface area contributed by atoms with Crippen LogP contribution in [0.2, 0.25) is 0 Å². The monoisotopic (exact) mass is 268 g/mol. The number of likely N-dealkylation sites (tertiary alicyclic amines) is 1. The third-order valence-electron chi connectivity index (χ3n) is 4.69. The quantitative estimate of drug-likeness (QED) is 0.805. The second-order valence-electron chi connectivity index (χ2n) is 6.48. The molecule has 108 valence electrons. The summed E-state index contributed by atoms with van der Waals surface area (Å²) in [5.74, 6) is -1.02. The summed E-state index contributed by atoms with van der Waals surface area (Å²) >= 11 is 0. The van der Waals surface area contributed by atoms with Crippen molar-refractivity contribution in [3.8, 4) is 0 Å². The van der Waals surface area contributed by atoms with Gasteiger partial charge in [-0.25, -0.2) is 4.79 Å². The standard InChI is InChI=1S/C14H24N2O3/c1-14(2)7-3-4-11(14)15-13(19)16-8-5-10(6-9-16)12(17)18/h10-11H,3-9H2,1-2H3,(H,15,19)(H,17,18). The van der Waals surface area contributed by atoms with Crippen LogP contribution in [0.1, 0.15) is 46.0 Å². The largest absolute Gasteiger partial charge is 0.481 e. The van der Waals surface area contributed by atoms with Gasteiger partial charge >= 0.3 is 12.0 Å². The number of nitrogens with one attached hydrogen (secondary N) is 1. The Kier molecular flexibility index (Phi) is 4.02. The lowest BCUT2D eigenvalue weighted by molar-refractivity contribution is -0.143. The number of carboxylic acids is 1. The smallest absolute Gasteiger partial charge is 0.317 e. The van der Waals surface area contributed by atoms with Gasteiger partial charge in [0.2, 0.25) is 0 Å². The second kappa shape index (κ2) is 5.39. The first-order chi connectivity index (χ1) is 8.90. The molecule has 2 amide bonds. The van der Waals surface area contributed by atoms with Gasteiger partial charge in [0.1, 0.15) is 0 Å². The molecule has 2 rings (SSSR count). The molecule has 5 heteroatoms. The highest BCUT2D eigenvalue weighted by molar-refractivity contribution is 5.75. The van der Waals surface area contributed by atoms with E-state index in [0.29, 0.717) is 25.9 Å². The van der Waals surface area contributed by atoms with Gasteiger partial charge < -0.3 is 15.3 Å². The minimum atomic E-state index is -0.739. The highest BCUT2D eigenvalue weighted by Gasteiger charge is 2.36. The number of carbonyl (C=O) groups excluding carboxylic acids is 1. The van der Waals surface area contributed by atoms with Crippen LogP contribution in [0.4, 0.5) is 4.79 Å². The van der Waals surface area contributed by atoms with Crippen LogP contribution in [0.25, 0.3) is 0 Å². The van der Waals surface area contributed by atoms with Crippen molar-refractivity contribution in [3.63, 3.8) is 0 Å². The maximum atomic E-state index is 12.2. The topological polar surface area (TPSA) is 69.6 Å². The van der Waals surface area contributed by atoms with Gasteiger partial charge in [-0.2, -0.15) is 0 Å². The molecule has 2 fully saturated rings. The van der Waals surface area contributed by atoms with Crippen LogP contribution in [0, 0.1) is 11.3 Å². The molecule has 1 heterocycles. The summed E-state index contributed by atoms with van der Waals surface area (Å²) in [5.41, 5.74) is 0.176. The molecule has 0 aromatic heterocycles. The van der Waals surface area contributed by atoms with E-state index >= 15 is 0 Å². The second-order valence-corrected chi connectivity index (χ2v) is 6.48. The molecule has 2 aliphatic rings. The summed E-state index contributed by atoms with van der Waals surface area (Å²) < 4.78 is 0. The Bertz CT molecular complexity index is 360. The van der Waals surface area contributed by atoms with Crippen LogP contribution >= 0.6 is 0 Å². The number of nitrogens with zero attached hydrogens (tertiary/aromatic N) is 1. The number of urea groups is 1. The predicted octanol–water partition coefficient (Wildman–Crippen LogP) is 2.07. The van der Waals surface area contributed by atoms with Crippen molar-refractivity contribution in [3.05, 3.63) is 0 Å². The number of piperidine rings is 1. The molecule has 2 N–H and O–H groups in total. The molecule has 0 radical (unpaired) electrons. The third-order valence-corrected chi connectivity index (χ3v) is 4.69. The first-order valence-corrected chi connectivity index (χ1v) is 7.18. The zero-order valence-electron chi connectivity index (χ0n) is 11.8. The molecule has 1 aliphatic heterocycles. The average Bonchev–Trinajstić information content (AvgIpc) is 2.69. The first kappa shape index (κ1) is 14.2. The van der Waals surface area contributed by atoms with Gasteiger partial charge in [0.15, 0.2) is 0 Å². The molecule has 1 saturated carbocycles. The van der Waals surface area contributed by atoms with Crippen LogP contribution in [0.15, 0.2) is 0 Å². The SMILES string of the molecule is CC1(C)CCCC1NC(=O)N1CCC(C(=O)O)CC1. The van der Waals surface area contributed by atoms with E-state index in [0.717, 1.165) is 12.8 Å². The van der Waals surface area contributed by atoms with Gasteiger partial charge in [0, 0.05) is 19.1 Å². The van der Waals surface area contributed by atoms with Crippen molar-refractivity contribution in [1.82, 2.24) is 10.2 Å². The van der Waals surface area contributed by atoms with E-state index in [4.69, 9.17) is 5.11 Å². The van der Waals surface area contributed by atoms with Crippen molar-refractivity contribution in [1.29, 1.82) is 0 Å². The number of carboxylic acid groups (broad SMARTS) is 1. The van der Waals surface area contributed by atoms with Crippen LogP contribution in [0.3, 0.4) is 0 Å². The van der Waals surface area contributed by atoms with Crippen LogP contribution in [-0.2, 0) is 4.79 Å². The molecular weight excluding hydrogens is 244 g/mol. The van der Waals surface area contributed by atoms with E-state index < -0.39 is 5.97 Å². The molecular formula is C14H24N2O3. The lowest BCUT2D eigenvalue weighted by Gasteiger charge is -2.34. The zero-order chi connectivity index (χ0) is 14.0. The number of rotatable bonds is 2. The number of aliphatic carboxylic acids is 1. The number of hydrogen-bond donors (Lipinski definition) is 2. The normalized spacial score (nSPS) is 27.3. The van der Waals surface area contributed by atoms with Crippen molar-refractivity contribution in [2.24, 2.45) is 11.3 Å². The van der Waals surface area contributed by atoms with E-state index in [2.05, 4.69) is 19.2 Å². The van der Waals surface area contributed by atoms with Crippen LogP contribution in [-0.4, -0.2) is 41.1 Å². The maximum Gasteiger partial charge on any atom is 0.317 e. The lowest BCUT2D eigenvalue weighted by Crippen LogP contribution is -2.50. The number of carbonyl (C=O) groups is 2. The highest BCUT2D eigenvalue weighted by Crippen LogP contribution is 2.37. The highest BCUT2D eigenvalue weighted by atomic mass is 16.4. The zero-order valence-corrected chi connectivity index (χ0v) is 11.8. The number of amides is 2. The first-order valence-electron chi connectivity index (χ1n) is 7.18. The third kappa shape index (κ3) is 3.19. The van der Waals surface area contributed by atoms with E-state index in [1.165, 1.54) is 6.42 Å². The maximum absolute atomic E-state index is 12.2. The molecule has 0 bridgehead atoms. The van der Waals surface area contributed by atoms with E-state index in [9.17, 15) is 9.59 Å². The van der Waals surface area contributed by atoms with Gasteiger partial charge in [0.25, 0.3) is 0 Å². The van der Waals surface area contributed by atoms with Gasteiger partial charge in [0.05, 0.1) is 5.92 Å². The number of hydrogen-bond acceptors (Lipinski definition) is 2. The van der Waals surface area contributed by atoms with Gasteiger partial charge in [-0.15, -0.1) is 0 Å². The molecule has 5 nitrogen and oxygen atoms in total. The Morgan fingerprint density at radius 1 is 1.21 bits per heavy atom. The van der Waals surface area contributed by atoms with Crippen molar-refractivity contribution in [2.45, 2.75) is 52.0 Å². The molecule has 1 aliphatic carbocycles. The minimum Gasteiger partial charge on any atom is -0.481 e. The molecule has 1 atom stereocenters. The summed E-state index contributed by atoms with van der Waals surface area (Å²) in [6, 6.07) is 0.223. The van der Waals surface area contributed by atoms with Gasteiger partial charge in [-0.3, -0.25) is 4.79 Å². The Labute approximate surface area is 114 Å². The molecule has 19 heavy (non-hydrogen) atoms. The fourth-order valence-electron chi connectivity index (χ4n) is 3.16. The van der Waals surface area contributed by atoms with Crippen LogP contribution < -0.4 is 5.32 Å². The fraction of sp³-hybridized carbons (Fsp3) is 0.857. The summed E-state index contributed by atoms with van der Waals surface area (Å²) in [5, 5.41) is 12.1. The molecule has 0 aromatic rings. The Morgan fingerprint density at radius 3 is 2.32 bits per heavy atom. The summed E-state index contributed by atoms with van der Waals surface area (Å²) in [6.45, 7) is 5.50. The lowest BCUT2D eigenvalue weighted by atomic mass is 9.87. The van der Waals surface area contributed by atoms with Gasteiger partial charge in [-0.05, 0) is 31.1 Å². The van der Waals surface area contributed by atoms with Crippen molar-refractivity contribution >= 4 is 12.0 Å². The molecule has 0 spiro atoms. The molecule has 1 saturated heterocycles. The van der Waals surface area contributed by atoms with Crippen molar-refractivity contribution < 1.29 is 14.7 Å². The van der Waals surface area contributed by atoms with E-state index in [1.54, 1.807) is 4.90 Å². The summed E-state index contributed by atoms with van der Waals surface area (Å²) in [6.07, 6.45) is 4.50. The fourth-order valence-corrected chi connectivity index (χ4v) is 3.16. The Morgan fingerprint density at radius 2 is 1.84 bits per heavy atom. The Hall–Kier alpha value is -1.26. The summed E-state index contributed by atoms with van der Waals surface area (Å²) in [4.78, 5) is 24.8. The van der Waals surface area contributed by atoms with E-state index in [-0.39, 0.29) is 23.4 Å². The van der Waals surface area contributed by atoms with Crippen molar-refractivity contribution in [2.75, 3.05) is 13.1 Å². The average molecular weight is 268 g/mol. The van der Waals surface area contributed by atoms with E-state index in [1.807, 2.05) is 0 Å². The molecule has 0 aromatic carbocycles.